The molecule has 0 bridgehead atoms. The van der Waals surface area contributed by atoms with Crippen molar-refractivity contribution >= 4 is 29.3 Å². The van der Waals surface area contributed by atoms with Gasteiger partial charge in [-0.05, 0) is 50.3 Å². The summed E-state index contributed by atoms with van der Waals surface area (Å²) in [5, 5.41) is 5.78. The number of aromatic nitrogens is 2. The lowest BCUT2D eigenvalue weighted by Crippen LogP contribution is -2.45. The summed E-state index contributed by atoms with van der Waals surface area (Å²) in [6.45, 7) is 2.36. The van der Waals surface area contributed by atoms with Gasteiger partial charge in [0, 0.05) is 29.2 Å². The molecule has 2 aliphatic carbocycles. The maximum absolute atomic E-state index is 13.3. The standard InChI is InChI=1S/C20H22N6O2/c1-11-2-3-14(24-19(28)23-13-4-5-13)8-15(11)26-10-12-9-22-18(21)25-16(12)20(6-7-20)17(26)27/h2-3,8-9,13H,4-7,10H2,1H3,(H2,21,22,25)(H2,23,24,28). The van der Waals surface area contributed by atoms with Gasteiger partial charge in [-0.3, -0.25) is 4.79 Å². The average Bonchev–Trinajstić information content (AvgIpc) is 3.57. The molecule has 3 amide bonds. The molecule has 0 atom stereocenters. The van der Waals surface area contributed by atoms with Gasteiger partial charge in [0.1, 0.15) is 0 Å². The predicted octanol–water partition coefficient (Wildman–Crippen LogP) is 2.23. The molecule has 8 nitrogen and oxygen atoms in total. The third-order valence-corrected chi connectivity index (χ3v) is 5.74. The van der Waals surface area contributed by atoms with E-state index in [1.165, 1.54) is 0 Å². The fraction of sp³-hybridized carbons (Fsp3) is 0.400. The van der Waals surface area contributed by atoms with Gasteiger partial charge in [0.15, 0.2) is 0 Å². The number of anilines is 3. The first-order valence-electron chi connectivity index (χ1n) is 9.58. The molecule has 2 heterocycles. The Hall–Kier alpha value is -3.16. The number of hydrogen-bond acceptors (Lipinski definition) is 5. The molecule has 0 saturated heterocycles. The molecule has 28 heavy (non-hydrogen) atoms. The number of nitrogens with zero attached hydrogens (tertiary/aromatic N) is 3. The monoisotopic (exact) mass is 378 g/mol. The van der Waals surface area contributed by atoms with Gasteiger partial charge in [-0.2, -0.15) is 0 Å². The van der Waals surface area contributed by atoms with Gasteiger partial charge in [0.05, 0.1) is 17.7 Å². The van der Waals surface area contributed by atoms with E-state index in [0.717, 1.165) is 48.2 Å². The summed E-state index contributed by atoms with van der Waals surface area (Å²) in [4.78, 5) is 35.7. The van der Waals surface area contributed by atoms with Crippen LogP contribution < -0.4 is 21.3 Å². The largest absolute Gasteiger partial charge is 0.368 e. The minimum absolute atomic E-state index is 0.0424. The lowest BCUT2D eigenvalue weighted by molar-refractivity contribution is -0.121. The van der Waals surface area contributed by atoms with Crippen molar-refractivity contribution in [3.63, 3.8) is 0 Å². The van der Waals surface area contributed by atoms with E-state index in [2.05, 4.69) is 20.6 Å². The summed E-state index contributed by atoms with van der Waals surface area (Å²) in [6.07, 6.45) is 5.32. The Morgan fingerprint density at radius 2 is 2.11 bits per heavy atom. The van der Waals surface area contributed by atoms with Crippen LogP contribution in [0.3, 0.4) is 0 Å². The number of nitrogen functional groups attached to an aromatic ring is 1. The molecule has 2 saturated carbocycles. The second-order valence-corrected chi connectivity index (χ2v) is 7.95. The number of aryl methyl sites for hydroxylation is 1. The summed E-state index contributed by atoms with van der Waals surface area (Å²) in [5.41, 5.74) is 9.31. The lowest BCUT2D eigenvalue weighted by Gasteiger charge is -2.34. The molecule has 4 N–H and O–H groups in total. The first-order chi connectivity index (χ1) is 13.5. The van der Waals surface area contributed by atoms with Gasteiger partial charge in [-0.1, -0.05) is 6.07 Å². The summed E-state index contributed by atoms with van der Waals surface area (Å²) >= 11 is 0. The normalized spacial score (nSPS) is 19.3. The molecule has 3 aliphatic rings. The number of nitrogens with one attached hydrogen (secondary N) is 2. The number of fused-ring (bicyclic) bond motifs is 2. The molecule has 1 aliphatic heterocycles. The van der Waals surface area contributed by atoms with Crippen molar-refractivity contribution in [1.82, 2.24) is 15.3 Å². The molecule has 1 spiro atoms. The molecule has 5 rings (SSSR count). The summed E-state index contributed by atoms with van der Waals surface area (Å²) < 4.78 is 0. The second kappa shape index (κ2) is 5.92. The van der Waals surface area contributed by atoms with Crippen molar-refractivity contribution in [2.75, 3.05) is 16.0 Å². The maximum Gasteiger partial charge on any atom is 0.319 e. The molecule has 1 aromatic heterocycles. The third-order valence-electron chi connectivity index (χ3n) is 5.74. The highest BCUT2D eigenvalue weighted by Crippen LogP contribution is 2.53. The highest BCUT2D eigenvalue weighted by molar-refractivity contribution is 6.05. The van der Waals surface area contributed by atoms with E-state index in [1.807, 2.05) is 25.1 Å². The average molecular weight is 378 g/mol. The zero-order valence-corrected chi connectivity index (χ0v) is 15.7. The molecule has 144 valence electrons. The predicted molar refractivity (Wildman–Crippen MR) is 105 cm³/mol. The van der Waals surface area contributed by atoms with Crippen LogP contribution in [0.1, 0.15) is 42.5 Å². The van der Waals surface area contributed by atoms with E-state index in [0.29, 0.717) is 12.2 Å². The van der Waals surface area contributed by atoms with Crippen LogP contribution in [0, 0.1) is 6.92 Å². The van der Waals surface area contributed by atoms with Crippen molar-refractivity contribution in [1.29, 1.82) is 0 Å². The topological polar surface area (TPSA) is 113 Å². The molecule has 2 fully saturated rings. The van der Waals surface area contributed by atoms with Crippen LogP contribution in [0.5, 0.6) is 0 Å². The van der Waals surface area contributed by atoms with Crippen molar-refractivity contribution < 1.29 is 9.59 Å². The first kappa shape index (κ1) is 17.0. The van der Waals surface area contributed by atoms with E-state index in [4.69, 9.17) is 5.73 Å². The van der Waals surface area contributed by atoms with Crippen molar-refractivity contribution in [3.8, 4) is 0 Å². The van der Waals surface area contributed by atoms with Crippen LogP contribution in [-0.2, 0) is 16.8 Å². The summed E-state index contributed by atoms with van der Waals surface area (Å²) in [5.74, 6) is 0.246. The van der Waals surface area contributed by atoms with Crippen molar-refractivity contribution in [3.05, 3.63) is 41.2 Å². The second-order valence-electron chi connectivity index (χ2n) is 7.95. The fourth-order valence-corrected chi connectivity index (χ4v) is 3.88. The summed E-state index contributed by atoms with van der Waals surface area (Å²) in [6, 6.07) is 5.70. The van der Waals surface area contributed by atoms with Gasteiger partial charge >= 0.3 is 6.03 Å². The highest BCUT2D eigenvalue weighted by atomic mass is 16.2. The zero-order chi connectivity index (χ0) is 19.5. The van der Waals surface area contributed by atoms with E-state index in [1.54, 1.807) is 11.1 Å². The minimum atomic E-state index is -0.579. The van der Waals surface area contributed by atoms with Crippen molar-refractivity contribution in [2.45, 2.75) is 50.6 Å². The van der Waals surface area contributed by atoms with Crippen molar-refractivity contribution in [2.24, 2.45) is 0 Å². The molecule has 8 heteroatoms. The number of benzene rings is 1. The number of urea groups is 1. The van der Waals surface area contributed by atoms with Gasteiger partial charge in [-0.25, -0.2) is 14.8 Å². The molecule has 1 aromatic carbocycles. The molecular formula is C20H22N6O2. The van der Waals surface area contributed by atoms with E-state index >= 15 is 0 Å². The Bertz CT molecular complexity index is 996. The number of amides is 3. The molecule has 0 radical (unpaired) electrons. The SMILES string of the molecule is Cc1ccc(NC(=O)NC2CC2)cc1N1Cc2cnc(N)nc2C2(CC2)C1=O. The molecule has 0 unspecified atom stereocenters. The Morgan fingerprint density at radius 1 is 1.32 bits per heavy atom. The maximum atomic E-state index is 13.3. The third kappa shape index (κ3) is 2.76. The Balaban J connectivity index is 1.47. The molecule has 2 aromatic rings. The smallest absolute Gasteiger partial charge is 0.319 e. The quantitative estimate of drug-likeness (QED) is 0.758. The lowest BCUT2D eigenvalue weighted by atomic mass is 9.91. The number of rotatable bonds is 3. The number of carbonyl (C=O) groups is 2. The fourth-order valence-electron chi connectivity index (χ4n) is 3.88. The Morgan fingerprint density at radius 3 is 2.82 bits per heavy atom. The van der Waals surface area contributed by atoms with Gasteiger partial charge in [0.25, 0.3) is 0 Å². The minimum Gasteiger partial charge on any atom is -0.368 e. The highest BCUT2D eigenvalue weighted by Gasteiger charge is 2.58. The van der Waals surface area contributed by atoms with Crippen LogP contribution >= 0.6 is 0 Å². The Kier molecular flexibility index (Phi) is 3.59. The van der Waals surface area contributed by atoms with Crippen LogP contribution in [0.2, 0.25) is 0 Å². The number of nitrogens with two attached hydrogens (primary N) is 1. The first-order valence-corrected chi connectivity index (χ1v) is 9.58. The Labute approximate surface area is 162 Å². The van der Waals surface area contributed by atoms with Crippen LogP contribution in [0.4, 0.5) is 22.1 Å². The number of hydrogen-bond donors (Lipinski definition) is 3. The molecular weight excluding hydrogens is 356 g/mol. The van der Waals surface area contributed by atoms with E-state index in [-0.39, 0.29) is 23.9 Å². The van der Waals surface area contributed by atoms with Crippen LogP contribution in [-0.4, -0.2) is 27.9 Å². The van der Waals surface area contributed by atoms with Gasteiger partial charge in [-0.15, -0.1) is 0 Å². The van der Waals surface area contributed by atoms with E-state index in [9.17, 15) is 9.59 Å². The number of carbonyl (C=O) groups excluding carboxylic acids is 2. The van der Waals surface area contributed by atoms with Gasteiger partial charge in [0.2, 0.25) is 11.9 Å². The van der Waals surface area contributed by atoms with Gasteiger partial charge < -0.3 is 21.3 Å². The van der Waals surface area contributed by atoms with Crippen LogP contribution in [0.15, 0.2) is 24.4 Å². The summed E-state index contributed by atoms with van der Waals surface area (Å²) in [7, 11) is 0. The zero-order valence-electron chi connectivity index (χ0n) is 15.7. The van der Waals surface area contributed by atoms with E-state index < -0.39 is 5.41 Å². The van der Waals surface area contributed by atoms with Crippen LogP contribution in [0.25, 0.3) is 0 Å².